The second kappa shape index (κ2) is 17.4. The molecule has 0 rings (SSSR count). The van der Waals surface area contributed by atoms with Crippen molar-refractivity contribution in [1.82, 2.24) is 0 Å². The first-order valence-corrected chi connectivity index (χ1v) is 10.5. The van der Waals surface area contributed by atoms with Crippen LogP contribution in [0.5, 0.6) is 0 Å². The van der Waals surface area contributed by atoms with Gasteiger partial charge in [0.25, 0.3) is 0 Å². The molecule has 0 radical (unpaired) electrons. The Hall–Kier alpha value is -0.440. The van der Waals surface area contributed by atoms with E-state index in [4.69, 9.17) is 4.74 Å². The molecule has 0 aliphatic heterocycles. The van der Waals surface area contributed by atoms with E-state index in [0.29, 0.717) is 6.61 Å². The summed E-state index contributed by atoms with van der Waals surface area (Å²) >= 11 is 3.86. The minimum Gasteiger partial charge on any atom is -0.462 e. The van der Waals surface area contributed by atoms with Gasteiger partial charge >= 0.3 is 5.97 Å². The van der Waals surface area contributed by atoms with Gasteiger partial charge in [-0.3, -0.25) is 0 Å². The van der Waals surface area contributed by atoms with Crippen molar-refractivity contribution in [3.05, 3.63) is 11.5 Å². The zero-order valence-electron chi connectivity index (χ0n) is 16.2. The molecule has 0 aliphatic rings. The van der Waals surface area contributed by atoms with E-state index < -0.39 is 5.97 Å². The predicted octanol–water partition coefficient (Wildman–Crippen LogP) is 7.09. The topological polar surface area (TPSA) is 26.3 Å². The molecule has 0 aliphatic carbocycles. The van der Waals surface area contributed by atoms with Crippen LogP contribution in [0.1, 0.15) is 104 Å². The fourth-order valence-corrected chi connectivity index (χ4v) is 2.91. The van der Waals surface area contributed by atoms with Gasteiger partial charge in [-0.25, -0.2) is 4.79 Å². The number of hydrogen-bond acceptors (Lipinski definition) is 3. The van der Waals surface area contributed by atoms with Gasteiger partial charge in [-0.15, -0.1) is 12.6 Å². The van der Waals surface area contributed by atoms with E-state index in [1.165, 1.54) is 77.0 Å². The molecule has 0 heterocycles. The second-order valence-corrected chi connectivity index (χ2v) is 7.90. The standard InChI is InChI=1S/C21H40O2S/c1-19(2)17-15-13-11-9-7-5-4-6-8-10-12-14-16-18-23-21(22)20(3)24/h19,24H,3-18H2,1-2H3. The number of esters is 1. The maximum Gasteiger partial charge on any atom is 0.343 e. The molecule has 0 saturated heterocycles. The highest BCUT2D eigenvalue weighted by Crippen LogP contribution is 2.14. The van der Waals surface area contributed by atoms with Crippen molar-refractivity contribution in [3.63, 3.8) is 0 Å². The fourth-order valence-electron chi connectivity index (χ4n) is 2.85. The molecule has 0 aromatic rings. The summed E-state index contributed by atoms with van der Waals surface area (Å²) in [5.41, 5.74) is 0. The summed E-state index contributed by atoms with van der Waals surface area (Å²) in [7, 11) is 0. The average Bonchev–Trinajstić information content (AvgIpc) is 2.53. The zero-order chi connectivity index (χ0) is 18.0. The van der Waals surface area contributed by atoms with Crippen LogP contribution in [0.4, 0.5) is 0 Å². The molecule has 0 spiro atoms. The van der Waals surface area contributed by atoms with Crippen molar-refractivity contribution in [1.29, 1.82) is 0 Å². The van der Waals surface area contributed by atoms with Gasteiger partial charge in [-0.05, 0) is 12.3 Å². The van der Waals surface area contributed by atoms with Crippen LogP contribution in [0, 0.1) is 5.92 Å². The summed E-state index contributed by atoms with van der Waals surface area (Å²) in [5.74, 6) is 0.478. The first kappa shape index (κ1) is 23.6. The number of unbranched alkanes of at least 4 members (excludes halogenated alkanes) is 12. The van der Waals surface area contributed by atoms with Gasteiger partial charge < -0.3 is 4.74 Å². The third kappa shape index (κ3) is 17.9. The first-order valence-electron chi connectivity index (χ1n) is 10.1. The van der Waals surface area contributed by atoms with E-state index in [2.05, 4.69) is 33.1 Å². The smallest absolute Gasteiger partial charge is 0.343 e. The highest BCUT2D eigenvalue weighted by atomic mass is 32.1. The van der Waals surface area contributed by atoms with E-state index in [1.54, 1.807) is 0 Å². The van der Waals surface area contributed by atoms with E-state index >= 15 is 0 Å². The number of rotatable bonds is 17. The van der Waals surface area contributed by atoms with E-state index in [0.717, 1.165) is 18.8 Å². The van der Waals surface area contributed by atoms with Crippen LogP contribution in [0.25, 0.3) is 0 Å². The van der Waals surface area contributed by atoms with Crippen molar-refractivity contribution in [2.75, 3.05) is 6.61 Å². The maximum atomic E-state index is 11.1. The Balaban J connectivity index is 3.08. The normalized spacial score (nSPS) is 11.0. The Morgan fingerprint density at radius 2 is 1.17 bits per heavy atom. The van der Waals surface area contributed by atoms with Crippen LogP contribution in [-0.2, 0) is 9.53 Å². The number of carbonyl (C=O) groups is 1. The Morgan fingerprint density at radius 3 is 1.54 bits per heavy atom. The van der Waals surface area contributed by atoms with Gasteiger partial charge in [0.1, 0.15) is 0 Å². The summed E-state index contributed by atoms with van der Waals surface area (Å²) < 4.78 is 5.01. The lowest BCUT2D eigenvalue weighted by Crippen LogP contribution is -2.04. The predicted molar refractivity (Wildman–Crippen MR) is 109 cm³/mol. The Morgan fingerprint density at radius 1 is 0.792 bits per heavy atom. The van der Waals surface area contributed by atoms with Crippen LogP contribution >= 0.6 is 12.6 Å². The van der Waals surface area contributed by atoms with Gasteiger partial charge in [-0.2, -0.15) is 0 Å². The molecule has 0 N–H and O–H groups in total. The summed E-state index contributed by atoms with van der Waals surface area (Å²) in [4.78, 5) is 11.3. The molecule has 0 unspecified atom stereocenters. The minimum absolute atomic E-state index is 0.186. The Labute approximate surface area is 156 Å². The lowest BCUT2D eigenvalue weighted by atomic mass is 10.0. The highest BCUT2D eigenvalue weighted by Gasteiger charge is 2.02. The van der Waals surface area contributed by atoms with E-state index in [-0.39, 0.29) is 4.91 Å². The lowest BCUT2D eigenvalue weighted by molar-refractivity contribution is -0.138. The molecular weight excluding hydrogens is 316 g/mol. The fraction of sp³-hybridized carbons (Fsp3) is 0.857. The number of carbonyl (C=O) groups excluding carboxylic acids is 1. The monoisotopic (exact) mass is 356 g/mol. The first-order chi connectivity index (χ1) is 11.5. The molecule has 0 fully saturated rings. The van der Waals surface area contributed by atoms with Crippen LogP contribution in [0.3, 0.4) is 0 Å². The number of thiol groups is 1. The molecule has 0 bridgehead atoms. The third-order valence-corrected chi connectivity index (χ3v) is 4.58. The van der Waals surface area contributed by atoms with Crippen molar-refractivity contribution < 1.29 is 9.53 Å². The van der Waals surface area contributed by atoms with Crippen LogP contribution < -0.4 is 0 Å². The SMILES string of the molecule is C=C(S)C(=O)OCCCCCCCCCCCCCCCC(C)C. The Bertz CT molecular complexity index is 313. The van der Waals surface area contributed by atoms with Crippen molar-refractivity contribution in [3.8, 4) is 0 Å². The molecule has 142 valence electrons. The quantitative estimate of drug-likeness (QED) is 0.130. The summed E-state index contributed by atoms with van der Waals surface area (Å²) in [5, 5.41) is 0. The average molecular weight is 357 g/mol. The Kier molecular flexibility index (Phi) is 17.1. The summed E-state index contributed by atoms with van der Waals surface area (Å²) in [6, 6.07) is 0. The molecule has 0 aromatic heterocycles. The third-order valence-electron chi connectivity index (χ3n) is 4.39. The second-order valence-electron chi connectivity index (χ2n) is 7.36. The molecular formula is C21H40O2S. The molecule has 0 aromatic carbocycles. The molecule has 0 amide bonds. The summed E-state index contributed by atoms with van der Waals surface area (Å²) in [6.45, 7) is 8.57. The van der Waals surface area contributed by atoms with Gasteiger partial charge in [-0.1, -0.05) is 104 Å². The maximum absolute atomic E-state index is 11.1. The van der Waals surface area contributed by atoms with Crippen LogP contribution in [0.2, 0.25) is 0 Å². The van der Waals surface area contributed by atoms with Crippen LogP contribution in [-0.4, -0.2) is 12.6 Å². The summed E-state index contributed by atoms with van der Waals surface area (Å²) in [6.07, 6.45) is 18.7. The van der Waals surface area contributed by atoms with Gasteiger partial charge in [0.2, 0.25) is 0 Å². The molecule has 0 saturated carbocycles. The molecule has 0 atom stereocenters. The van der Waals surface area contributed by atoms with Gasteiger partial charge in [0.05, 0.1) is 11.5 Å². The van der Waals surface area contributed by atoms with E-state index in [1.807, 2.05) is 0 Å². The van der Waals surface area contributed by atoms with E-state index in [9.17, 15) is 4.79 Å². The number of hydrogen-bond donors (Lipinski definition) is 1. The van der Waals surface area contributed by atoms with Crippen molar-refractivity contribution in [2.45, 2.75) is 104 Å². The largest absolute Gasteiger partial charge is 0.462 e. The molecule has 3 heteroatoms. The molecule has 2 nitrogen and oxygen atoms in total. The molecule has 24 heavy (non-hydrogen) atoms. The lowest BCUT2D eigenvalue weighted by Gasteiger charge is -2.05. The van der Waals surface area contributed by atoms with Crippen LogP contribution in [0.15, 0.2) is 11.5 Å². The number of ether oxygens (including phenoxy) is 1. The van der Waals surface area contributed by atoms with Gasteiger partial charge in [0, 0.05) is 0 Å². The highest BCUT2D eigenvalue weighted by molar-refractivity contribution is 7.85. The van der Waals surface area contributed by atoms with Crippen molar-refractivity contribution >= 4 is 18.6 Å². The van der Waals surface area contributed by atoms with Gasteiger partial charge in [0.15, 0.2) is 0 Å². The zero-order valence-corrected chi connectivity index (χ0v) is 17.0. The van der Waals surface area contributed by atoms with Crippen molar-refractivity contribution in [2.24, 2.45) is 5.92 Å². The minimum atomic E-state index is -0.391.